The molecule has 0 unspecified atom stereocenters. The molecule has 1 aliphatic heterocycles. The molecule has 1 saturated heterocycles. The minimum atomic E-state index is -0.440. The minimum Gasteiger partial charge on any atom is -0.367 e. The van der Waals surface area contributed by atoms with Crippen LogP contribution >= 0.6 is 0 Å². The number of hydrogen-bond donors (Lipinski definition) is 1. The third kappa shape index (κ3) is 2.10. The first-order chi connectivity index (χ1) is 5.20. The number of hydrogen-bond acceptors (Lipinski definition) is 4. The molecule has 5 nitrogen and oxygen atoms in total. The second-order valence-electron chi connectivity index (χ2n) is 2.50. The quantitative estimate of drug-likeness (QED) is 0.429. The predicted octanol–water partition coefficient (Wildman–Crippen LogP) is -0.0129. The van der Waals surface area contributed by atoms with Crippen molar-refractivity contribution in [3.8, 4) is 0 Å². The van der Waals surface area contributed by atoms with Gasteiger partial charge in [-0.15, -0.1) is 0 Å². The molecule has 11 heavy (non-hydrogen) atoms. The molecule has 0 aromatic heterocycles. The van der Waals surface area contributed by atoms with Crippen LogP contribution in [0.2, 0.25) is 0 Å². The van der Waals surface area contributed by atoms with E-state index in [1.807, 2.05) is 11.9 Å². The summed E-state index contributed by atoms with van der Waals surface area (Å²) in [5.41, 5.74) is 0. The summed E-state index contributed by atoms with van der Waals surface area (Å²) in [4.78, 5) is 11.5. The van der Waals surface area contributed by atoms with Gasteiger partial charge >= 0.3 is 0 Å². The molecule has 0 saturated carbocycles. The number of nitrogens with one attached hydrogen (secondary N) is 1. The Hall–Kier alpha value is -1.26. The highest BCUT2D eigenvalue weighted by molar-refractivity contribution is 4.95. The van der Waals surface area contributed by atoms with Gasteiger partial charge in [0, 0.05) is 20.1 Å². The van der Waals surface area contributed by atoms with Crippen molar-refractivity contribution in [2.75, 3.05) is 20.1 Å². The Balaban J connectivity index is 2.60. The van der Waals surface area contributed by atoms with Crippen LogP contribution in [0.3, 0.4) is 0 Å². The summed E-state index contributed by atoms with van der Waals surface area (Å²) in [7, 11) is 1.83. The number of nitro groups is 1. The molecule has 0 amide bonds. The molecular formula is C6H11N3O2. The van der Waals surface area contributed by atoms with Gasteiger partial charge in [-0.3, -0.25) is 10.1 Å². The molecule has 0 bridgehead atoms. The summed E-state index contributed by atoms with van der Waals surface area (Å²) in [6.45, 7) is 1.71. The monoisotopic (exact) mass is 157 g/mol. The lowest BCUT2D eigenvalue weighted by Gasteiger charge is -2.26. The van der Waals surface area contributed by atoms with E-state index < -0.39 is 4.92 Å². The molecule has 0 atom stereocenters. The van der Waals surface area contributed by atoms with Crippen LogP contribution in [-0.2, 0) is 0 Å². The van der Waals surface area contributed by atoms with Gasteiger partial charge in [0.1, 0.15) is 0 Å². The van der Waals surface area contributed by atoms with Crippen LogP contribution < -0.4 is 5.32 Å². The summed E-state index contributed by atoms with van der Waals surface area (Å²) in [6.07, 6.45) is 2.03. The van der Waals surface area contributed by atoms with Crippen LogP contribution in [0.5, 0.6) is 0 Å². The second-order valence-corrected chi connectivity index (χ2v) is 2.50. The zero-order valence-electron chi connectivity index (χ0n) is 6.41. The van der Waals surface area contributed by atoms with Gasteiger partial charge < -0.3 is 10.2 Å². The molecule has 0 aliphatic carbocycles. The Labute approximate surface area is 64.8 Å². The third-order valence-electron chi connectivity index (χ3n) is 1.62. The topological polar surface area (TPSA) is 58.4 Å². The lowest BCUT2D eigenvalue weighted by atomic mass is 10.3. The van der Waals surface area contributed by atoms with E-state index >= 15 is 0 Å². The van der Waals surface area contributed by atoms with Crippen molar-refractivity contribution < 1.29 is 4.92 Å². The smallest absolute Gasteiger partial charge is 0.274 e. The van der Waals surface area contributed by atoms with Crippen molar-refractivity contribution in [1.82, 2.24) is 10.2 Å². The second kappa shape index (κ2) is 3.23. The van der Waals surface area contributed by atoms with Crippen molar-refractivity contribution in [2.45, 2.75) is 6.42 Å². The highest BCUT2D eigenvalue weighted by atomic mass is 16.6. The molecule has 0 radical (unpaired) electrons. The fourth-order valence-electron chi connectivity index (χ4n) is 1.03. The van der Waals surface area contributed by atoms with Crippen molar-refractivity contribution in [3.05, 3.63) is 22.1 Å². The van der Waals surface area contributed by atoms with E-state index in [2.05, 4.69) is 5.32 Å². The fraction of sp³-hybridized carbons (Fsp3) is 0.667. The summed E-state index contributed by atoms with van der Waals surface area (Å²) < 4.78 is 0. The van der Waals surface area contributed by atoms with Gasteiger partial charge in [0.15, 0.2) is 5.82 Å². The molecule has 1 N–H and O–H groups in total. The fourth-order valence-corrected chi connectivity index (χ4v) is 1.03. The minimum absolute atomic E-state index is 0.440. The average molecular weight is 157 g/mol. The summed E-state index contributed by atoms with van der Waals surface area (Å²) in [5, 5.41) is 13.0. The zero-order valence-corrected chi connectivity index (χ0v) is 6.41. The van der Waals surface area contributed by atoms with Gasteiger partial charge in [-0.25, -0.2) is 0 Å². The largest absolute Gasteiger partial charge is 0.367 e. The van der Waals surface area contributed by atoms with E-state index in [1.165, 1.54) is 0 Å². The van der Waals surface area contributed by atoms with E-state index in [-0.39, 0.29) is 0 Å². The van der Waals surface area contributed by atoms with E-state index in [1.54, 1.807) is 0 Å². The Morgan fingerprint density at radius 1 is 1.82 bits per heavy atom. The van der Waals surface area contributed by atoms with Gasteiger partial charge in [-0.05, 0) is 6.42 Å². The van der Waals surface area contributed by atoms with Crippen molar-refractivity contribution in [3.63, 3.8) is 0 Å². The molecule has 62 valence electrons. The lowest BCUT2D eigenvalue weighted by molar-refractivity contribution is -0.404. The number of rotatable bonds is 1. The molecule has 0 spiro atoms. The Morgan fingerprint density at radius 3 is 3.09 bits per heavy atom. The van der Waals surface area contributed by atoms with Crippen LogP contribution in [0.25, 0.3) is 0 Å². The summed E-state index contributed by atoms with van der Waals surface area (Å²) >= 11 is 0. The molecule has 5 heteroatoms. The van der Waals surface area contributed by atoms with Gasteiger partial charge in [0.25, 0.3) is 6.20 Å². The third-order valence-corrected chi connectivity index (χ3v) is 1.62. The Bertz CT molecular complexity index is 190. The van der Waals surface area contributed by atoms with Gasteiger partial charge in [-0.1, -0.05) is 0 Å². The molecule has 1 heterocycles. The van der Waals surface area contributed by atoms with Crippen molar-refractivity contribution in [1.29, 1.82) is 0 Å². The normalized spacial score (nSPS) is 21.5. The van der Waals surface area contributed by atoms with Gasteiger partial charge in [-0.2, -0.15) is 0 Å². The highest BCUT2D eigenvalue weighted by Gasteiger charge is 2.12. The first-order valence-corrected chi connectivity index (χ1v) is 3.50. The van der Waals surface area contributed by atoms with Gasteiger partial charge in [0.2, 0.25) is 0 Å². The maximum absolute atomic E-state index is 10.1. The lowest BCUT2D eigenvalue weighted by Crippen LogP contribution is -2.37. The maximum atomic E-state index is 10.1. The molecule has 1 rings (SSSR count). The molecular weight excluding hydrogens is 146 g/mol. The molecule has 0 aromatic rings. The van der Waals surface area contributed by atoms with E-state index in [0.29, 0.717) is 5.82 Å². The van der Waals surface area contributed by atoms with Crippen LogP contribution in [0.4, 0.5) is 0 Å². The maximum Gasteiger partial charge on any atom is 0.274 e. The Kier molecular flexibility index (Phi) is 2.30. The van der Waals surface area contributed by atoms with Crippen LogP contribution in [-0.4, -0.2) is 30.0 Å². The van der Waals surface area contributed by atoms with E-state index in [0.717, 1.165) is 25.7 Å². The average Bonchev–Trinajstić information content (AvgIpc) is 1.93. The van der Waals surface area contributed by atoms with E-state index in [9.17, 15) is 10.1 Å². The summed E-state index contributed by atoms with van der Waals surface area (Å²) in [6, 6.07) is 0. The van der Waals surface area contributed by atoms with Crippen molar-refractivity contribution in [2.24, 2.45) is 0 Å². The summed E-state index contributed by atoms with van der Waals surface area (Å²) in [5.74, 6) is 0.598. The molecule has 1 aliphatic rings. The van der Waals surface area contributed by atoms with Crippen LogP contribution in [0, 0.1) is 10.1 Å². The first kappa shape index (κ1) is 7.84. The highest BCUT2D eigenvalue weighted by Crippen LogP contribution is 2.03. The van der Waals surface area contributed by atoms with Crippen LogP contribution in [0.15, 0.2) is 12.0 Å². The molecule has 0 aromatic carbocycles. The zero-order chi connectivity index (χ0) is 8.27. The Morgan fingerprint density at radius 2 is 2.55 bits per heavy atom. The predicted molar refractivity (Wildman–Crippen MR) is 40.3 cm³/mol. The number of nitrogens with zero attached hydrogens (tertiary/aromatic N) is 2. The van der Waals surface area contributed by atoms with Crippen molar-refractivity contribution >= 4 is 0 Å². The van der Waals surface area contributed by atoms with Gasteiger partial charge in [0.05, 0.1) is 4.92 Å². The first-order valence-electron chi connectivity index (χ1n) is 3.50. The SMILES string of the molecule is CN1CCCN/C1=C\[N+](=O)[O-]. The van der Waals surface area contributed by atoms with E-state index in [4.69, 9.17) is 0 Å². The molecule has 1 fully saturated rings. The standard InChI is InChI=1S/C6H11N3O2/c1-8-4-2-3-7-6(8)5-9(10)11/h5,7H,2-4H2,1H3/b6-5+. The van der Waals surface area contributed by atoms with Crippen LogP contribution in [0.1, 0.15) is 6.42 Å².